The van der Waals surface area contributed by atoms with Crippen molar-refractivity contribution in [1.29, 1.82) is 0 Å². The highest BCUT2D eigenvalue weighted by molar-refractivity contribution is 7.96. The SMILES string of the molecule is Fc1ccccc1/N=C(S)/N=N\C=c1/ccc2c(c1)CC=c1c=2ncn1-c1ccc(OC(F)(F)F)cc1. The average molecular weight is 524 g/mol. The van der Waals surface area contributed by atoms with Gasteiger partial charge in [-0.25, -0.2) is 14.4 Å². The van der Waals surface area contributed by atoms with E-state index >= 15 is 0 Å². The maximum atomic E-state index is 13.7. The lowest BCUT2D eigenvalue weighted by atomic mass is 10.0. The topological polar surface area (TPSA) is 64.1 Å². The number of aromatic nitrogens is 2. The number of alkyl halides is 3. The molecule has 1 aromatic heterocycles. The summed E-state index contributed by atoms with van der Waals surface area (Å²) in [5, 5.41) is 11.2. The second-order valence-electron chi connectivity index (χ2n) is 7.92. The highest BCUT2D eigenvalue weighted by Crippen LogP contribution is 2.23. The molecule has 3 aromatic carbocycles. The minimum Gasteiger partial charge on any atom is -0.406 e. The first kappa shape index (κ1) is 24.4. The second kappa shape index (κ2) is 10.0. The first-order chi connectivity index (χ1) is 17.8. The zero-order chi connectivity index (χ0) is 26.0. The van der Waals surface area contributed by atoms with E-state index in [-0.39, 0.29) is 16.6 Å². The number of imidazole rings is 1. The summed E-state index contributed by atoms with van der Waals surface area (Å²) in [6.07, 6.45) is 1.06. The Kier molecular flexibility index (Phi) is 6.62. The Morgan fingerprint density at radius 2 is 1.84 bits per heavy atom. The maximum Gasteiger partial charge on any atom is 0.573 e. The Morgan fingerprint density at radius 3 is 2.59 bits per heavy atom. The van der Waals surface area contributed by atoms with Crippen molar-refractivity contribution in [3.8, 4) is 11.4 Å². The number of amidine groups is 1. The van der Waals surface area contributed by atoms with Gasteiger partial charge in [0.15, 0.2) is 0 Å². The molecular weight excluding hydrogens is 506 g/mol. The molecule has 186 valence electrons. The van der Waals surface area contributed by atoms with Crippen LogP contribution >= 0.6 is 12.6 Å². The number of hydrogen-bond donors (Lipinski definition) is 1. The van der Waals surface area contributed by atoms with Crippen molar-refractivity contribution >= 4 is 35.8 Å². The molecule has 0 saturated carbocycles. The van der Waals surface area contributed by atoms with Gasteiger partial charge in [-0.1, -0.05) is 30.3 Å². The van der Waals surface area contributed by atoms with E-state index in [1.807, 2.05) is 28.8 Å². The van der Waals surface area contributed by atoms with Gasteiger partial charge in [-0.15, -0.1) is 30.9 Å². The number of ether oxygens (including phenoxy) is 1. The number of halogens is 4. The van der Waals surface area contributed by atoms with Gasteiger partial charge in [-0.05, 0) is 59.7 Å². The molecule has 37 heavy (non-hydrogen) atoms. The van der Waals surface area contributed by atoms with E-state index in [9.17, 15) is 17.6 Å². The smallest absolute Gasteiger partial charge is 0.406 e. The fourth-order valence-corrected chi connectivity index (χ4v) is 4.05. The lowest BCUT2D eigenvalue weighted by molar-refractivity contribution is -0.274. The molecule has 5 rings (SSSR count). The summed E-state index contributed by atoms with van der Waals surface area (Å²) < 4.78 is 56.7. The Balaban J connectivity index is 1.42. The highest BCUT2D eigenvalue weighted by atomic mass is 32.1. The minimum atomic E-state index is -4.74. The lowest BCUT2D eigenvalue weighted by Crippen LogP contribution is -2.19. The molecule has 0 spiro atoms. The number of hydrogen-bond acceptors (Lipinski definition) is 4. The third-order valence-corrected chi connectivity index (χ3v) is 5.67. The van der Waals surface area contributed by atoms with Crippen LogP contribution in [-0.2, 0) is 6.42 Å². The molecule has 1 aliphatic carbocycles. The van der Waals surface area contributed by atoms with Crippen LogP contribution in [0.3, 0.4) is 0 Å². The number of rotatable bonds is 4. The molecule has 0 aliphatic heterocycles. The summed E-state index contributed by atoms with van der Waals surface area (Å²) in [7, 11) is 0. The highest BCUT2D eigenvalue weighted by Gasteiger charge is 2.31. The van der Waals surface area contributed by atoms with Crippen molar-refractivity contribution in [2.45, 2.75) is 12.8 Å². The molecule has 0 fully saturated rings. The number of para-hydroxylation sites is 1. The Labute approximate surface area is 212 Å². The summed E-state index contributed by atoms with van der Waals surface area (Å²) in [5.74, 6) is -0.766. The van der Waals surface area contributed by atoms with Crippen LogP contribution < -0.4 is 15.3 Å². The summed E-state index contributed by atoms with van der Waals surface area (Å²) in [6.45, 7) is 0. The molecular formula is C26H17F4N5OS. The predicted molar refractivity (Wildman–Crippen MR) is 134 cm³/mol. The Bertz CT molecular complexity index is 1750. The van der Waals surface area contributed by atoms with Gasteiger partial charge in [0.2, 0.25) is 5.17 Å². The molecule has 4 aromatic rings. The van der Waals surface area contributed by atoms with E-state index in [2.05, 4.69) is 37.6 Å². The van der Waals surface area contributed by atoms with Gasteiger partial charge >= 0.3 is 6.36 Å². The van der Waals surface area contributed by atoms with Crippen LogP contribution in [0, 0.1) is 16.4 Å². The molecule has 11 heteroatoms. The van der Waals surface area contributed by atoms with Crippen LogP contribution in [0.25, 0.3) is 18.0 Å². The minimum absolute atomic E-state index is 0.0147. The predicted octanol–water partition coefficient (Wildman–Crippen LogP) is 5.34. The van der Waals surface area contributed by atoms with Gasteiger partial charge in [0.25, 0.3) is 0 Å². The summed E-state index contributed by atoms with van der Waals surface area (Å²) in [4.78, 5) is 8.52. The van der Waals surface area contributed by atoms with Gasteiger partial charge in [-0.2, -0.15) is 5.11 Å². The number of benzene rings is 3. The Morgan fingerprint density at radius 1 is 1.05 bits per heavy atom. The second-order valence-corrected chi connectivity index (χ2v) is 8.32. The van der Waals surface area contributed by atoms with E-state index in [1.165, 1.54) is 24.3 Å². The van der Waals surface area contributed by atoms with E-state index in [4.69, 9.17) is 0 Å². The fraction of sp³-hybridized carbons (Fsp3) is 0.0769. The molecule has 6 nitrogen and oxygen atoms in total. The van der Waals surface area contributed by atoms with Crippen LogP contribution in [0.5, 0.6) is 5.75 Å². The quantitative estimate of drug-likeness (QED) is 0.129. The number of nitrogens with zero attached hydrogens (tertiary/aromatic N) is 5. The van der Waals surface area contributed by atoms with Crippen LogP contribution in [0.4, 0.5) is 23.2 Å². The number of thiol groups is 1. The van der Waals surface area contributed by atoms with Crippen molar-refractivity contribution in [3.63, 3.8) is 0 Å². The zero-order valence-corrected chi connectivity index (χ0v) is 19.8. The summed E-state index contributed by atoms with van der Waals surface area (Å²) >= 11 is 4.13. The fourth-order valence-electron chi connectivity index (χ4n) is 3.89. The van der Waals surface area contributed by atoms with Crippen molar-refractivity contribution < 1.29 is 22.3 Å². The van der Waals surface area contributed by atoms with Gasteiger partial charge in [0, 0.05) is 10.9 Å². The zero-order valence-electron chi connectivity index (χ0n) is 18.9. The molecule has 1 aliphatic rings. The molecule has 1 heterocycles. The van der Waals surface area contributed by atoms with E-state index in [1.54, 1.807) is 36.8 Å². The third-order valence-electron chi connectivity index (χ3n) is 5.48. The van der Waals surface area contributed by atoms with Gasteiger partial charge in [0.05, 0.1) is 16.9 Å². The van der Waals surface area contributed by atoms with E-state index in [0.29, 0.717) is 12.1 Å². The molecule has 0 atom stereocenters. The van der Waals surface area contributed by atoms with Crippen LogP contribution in [0.2, 0.25) is 0 Å². The average Bonchev–Trinajstić information content (AvgIpc) is 3.29. The molecule has 0 radical (unpaired) electrons. The van der Waals surface area contributed by atoms with Crippen LogP contribution in [0.15, 0.2) is 88.3 Å². The molecule has 0 bridgehead atoms. The molecule has 0 saturated heterocycles. The normalized spacial score (nSPS) is 13.9. The first-order valence-corrected chi connectivity index (χ1v) is 11.4. The van der Waals surface area contributed by atoms with Gasteiger partial charge < -0.3 is 4.74 Å². The van der Waals surface area contributed by atoms with E-state index < -0.39 is 12.2 Å². The van der Waals surface area contributed by atoms with Crippen molar-refractivity contribution in [2.24, 2.45) is 15.2 Å². The summed E-state index contributed by atoms with van der Waals surface area (Å²) in [6, 6.07) is 17.4. The summed E-state index contributed by atoms with van der Waals surface area (Å²) in [5.41, 5.74) is 1.81. The maximum absolute atomic E-state index is 13.7. The first-order valence-electron chi connectivity index (χ1n) is 10.9. The molecule has 0 unspecified atom stereocenters. The molecule has 0 N–H and O–H groups in total. The largest absolute Gasteiger partial charge is 0.573 e. The number of azo groups is 1. The molecule has 0 amide bonds. The number of aliphatic imine (C=N–C) groups is 1. The van der Waals surface area contributed by atoms with Crippen molar-refractivity contribution in [3.05, 3.63) is 106 Å². The number of fused-ring (bicyclic) bond motifs is 2. The van der Waals surface area contributed by atoms with Gasteiger partial charge in [-0.3, -0.25) is 4.57 Å². The monoisotopic (exact) mass is 523 g/mol. The van der Waals surface area contributed by atoms with E-state index in [0.717, 1.165) is 26.7 Å². The van der Waals surface area contributed by atoms with Gasteiger partial charge in [0.1, 0.15) is 23.6 Å². The van der Waals surface area contributed by atoms with Crippen LogP contribution in [-0.4, -0.2) is 21.1 Å². The standard InChI is InChI=1S/C26H17F4N5OS/c27-21-3-1-2-4-22(21)33-25(37)34-32-14-16-5-11-20-17(13-16)6-12-23-24(20)31-15-35(23)18-7-9-19(10-8-18)36-26(28,29)30/h1-5,7-15H,6H2,(H,33,37)/b16-14+,34-32-. The lowest BCUT2D eigenvalue weighted by Gasteiger charge is -2.10. The Hall–Kier alpha value is -4.25. The van der Waals surface area contributed by atoms with Crippen molar-refractivity contribution in [1.82, 2.24) is 9.55 Å². The van der Waals surface area contributed by atoms with Crippen LogP contribution in [0.1, 0.15) is 5.56 Å². The third kappa shape index (κ3) is 5.61. The van der Waals surface area contributed by atoms with Crippen molar-refractivity contribution in [2.75, 3.05) is 0 Å².